The smallest absolute Gasteiger partial charge is 0.309 e. The highest BCUT2D eigenvalue weighted by Crippen LogP contribution is 2.30. The molecule has 0 N–H and O–H groups in total. The van der Waals surface area contributed by atoms with Crippen molar-refractivity contribution in [1.82, 2.24) is 0 Å². The average molecular weight is 495 g/mol. The van der Waals surface area contributed by atoms with Crippen LogP contribution in [-0.4, -0.2) is 13.1 Å². The molecule has 36 heavy (non-hydrogen) atoms. The van der Waals surface area contributed by atoms with Gasteiger partial charge in [-0.3, -0.25) is 4.79 Å². The first-order chi connectivity index (χ1) is 17.4. The maximum atomic E-state index is 11.7. The molecular formula is C33H35O2P. The number of esters is 1. The van der Waals surface area contributed by atoms with E-state index in [0.717, 1.165) is 50.7 Å². The third-order valence-corrected chi connectivity index (χ3v) is 7.48. The van der Waals surface area contributed by atoms with Crippen molar-refractivity contribution >= 4 is 27.0 Å². The van der Waals surface area contributed by atoms with Crippen LogP contribution in [0.5, 0.6) is 0 Å². The van der Waals surface area contributed by atoms with Crippen LogP contribution in [0.3, 0.4) is 0 Å². The van der Waals surface area contributed by atoms with E-state index in [2.05, 4.69) is 77.5 Å². The van der Waals surface area contributed by atoms with Gasteiger partial charge in [-0.15, -0.1) is 20.7 Å². The van der Waals surface area contributed by atoms with Crippen molar-refractivity contribution in [3.05, 3.63) is 104 Å². The number of hydrogen-bond donors (Lipinski definition) is 0. The Hall–Kier alpha value is -3.14. The molecule has 0 spiro atoms. The number of carbonyl (C=O) groups is 1. The number of fused-ring (bicyclic) bond motifs is 1. The summed E-state index contributed by atoms with van der Waals surface area (Å²) in [5.74, 6) is 0.533. The second-order valence-corrected chi connectivity index (χ2v) is 10.7. The fraction of sp³-hybridized carbons (Fsp3) is 0.303. The molecule has 0 saturated heterocycles. The Morgan fingerprint density at radius 1 is 1.14 bits per heavy atom. The Morgan fingerprint density at radius 2 is 1.86 bits per heavy atom. The molecule has 2 aliphatic rings. The largest absolute Gasteiger partial charge is 0.469 e. The lowest BCUT2D eigenvalue weighted by Gasteiger charge is -2.13. The second-order valence-electron chi connectivity index (χ2n) is 9.85. The van der Waals surface area contributed by atoms with Crippen LogP contribution in [0.15, 0.2) is 82.9 Å². The van der Waals surface area contributed by atoms with Gasteiger partial charge in [-0.1, -0.05) is 62.6 Å². The van der Waals surface area contributed by atoms with Gasteiger partial charge < -0.3 is 4.74 Å². The monoisotopic (exact) mass is 494 g/mol. The highest BCUT2D eigenvalue weighted by molar-refractivity contribution is 7.22. The van der Waals surface area contributed by atoms with Crippen molar-refractivity contribution in [1.29, 1.82) is 0 Å². The Balaban J connectivity index is 1.86. The van der Waals surface area contributed by atoms with Crippen LogP contribution >= 0.6 is 9.24 Å². The van der Waals surface area contributed by atoms with Gasteiger partial charge >= 0.3 is 5.97 Å². The minimum atomic E-state index is -0.225. The first-order valence-corrected chi connectivity index (χ1v) is 13.3. The summed E-state index contributed by atoms with van der Waals surface area (Å²) in [6.07, 6.45) is 13.1. The van der Waals surface area contributed by atoms with Crippen molar-refractivity contribution in [3.63, 3.8) is 0 Å². The first-order valence-electron chi connectivity index (χ1n) is 12.7. The molecule has 0 aliphatic heterocycles. The summed E-state index contributed by atoms with van der Waals surface area (Å²) in [7, 11) is 4.26. The third-order valence-electron chi connectivity index (χ3n) is 7.19. The number of carbonyl (C=O) groups excluding carboxylic acids is 1. The van der Waals surface area contributed by atoms with Gasteiger partial charge in [-0.05, 0) is 100.0 Å². The van der Waals surface area contributed by atoms with Crippen molar-refractivity contribution in [3.8, 4) is 11.1 Å². The minimum Gasteiger partial charge on any atom is -0.469 e. The molecule has 2 aromatic rings. The molecule has 1 atom stereocenters. The van der Waals surface area contributed by atoms with Crippen LogP contribution in [0.25, 0.3) is 22.9 Å². The normalized spacial score (nSPS) is 15.5. The van der Waals surface area contributed by atoms with Crippen molar-refractivity contribution in [2.45, 2.75) is 52.4 Å². The van der Waals surface area contributed by atoms with Gasteiger partial charge in [0.15, 0.2) is 0 Å². The van der Waals surface area contributed by atoms with Gasteiger partial charge in [-0.25, -0.2) is 0 Å². The van der Waals surface area contributed by atoms with E-state index in [4.69, 9.17) is 4.74 Å². The average Bonchev–Trinajstić information content (AvgIpc) is 3.29. The molecule has 0 heterocycles. The van der Waals surface area contributed by atoms with E-state index in [1.54, 1.807) is 0 Å². The summed E-state index contributed by atoms with van der Waals surface area (Å²) >= 11 is 0. The predicted octanol–water partition coefficient (Wildman–Crippen LogP) is 6.34. The third kappa shape index (κ3) is 5.98. The number of rotatable bonds is 7. The highest BCUT2D eigenvalue weighted by atomic mass is 31.0. The predicted molar refractivity (Wildman–Crippen MR) is 154 cm³/mol. The SMILES string of the molecule is C=C=C(C)/C(C1=CC=C=c2c(-c3ccc(CC(=O)OC)cc3)cc(CC3CCCC3)cc2=C1)=C(/C)P. The Labute approximate surface area is 217 Å². The van der Waals surface area contributed by atoms with E-state index < -0.39 is 0 Å². The summed E-state index contributed by atoms with van der Waals surface area (Å²) in [4.78, 5) is 11.7. The summed E-state index contributed by atoms with van der Waals surface area (Å²) in [5, 5.41) is 3.43. The quantitative estimate of drug-likeness (QED) is 0.194. The van der Waals surface area contributed by atoms with E-state index in [1.807, 2.05) is 18.2 Å². The standard InChI is InChI=1S/C33H35O2P/c1-5-22(2)33(23(3)36)28-11-8-12-30-29(21-28)18-26(17-24-9-6-7-10-24)19-31(30)27-15-13-25(14-16-27)20-32(34)35-4/h8,11,13-16,18-19,21,24H,1,6-7,9-10,17,20,36H2,2-4H3/b33-23+. The minimum absolute atomic E-state index is 0.225. The Bertz CT molecular complexity index is 1430. The molecule has 1 unspecified atom stereocenters. The van der Waals surface area contributed by atoms with Crippen molar-refractivity contribution in [2.24, 2.45) is 5.92 Å². The van der Waals surface area contributed by atoms with E-state index in [0.29, 0.717) is 0 Å². The topological polar surface area (TPSA) is 26.3 Å². The van der Waals surface area contributed by atoms with Gasteiger partial charge in [0, 0.05) is 5.22 Å². The van der Waals surface area contributed by atoms with Crippen LogP contribution < -0.4 is 10.4 Å². The van der Waals surface area contributed by atoms with Crippen LogP contribution in [0, 0.1) is 5.92 Å². The number of ether oxygens (including phenoxy) is 1. The zero-order valence-electron chi connectivity index (χ0n) is 21.6. The molecule has 1 fully saturated rings. The number of methoxy groups -OCH3 is 1. The molecule has 2 aliphatic carbocycles. The zero-order chi connectivity index (χ0) is 25.7. The fourth-order valence-corrected chi connectivity index (χ4v) is 5.73. The summed E-state index contributed by atoms with van der Waals surface area (Å²) in [6, 6.07) is 13.0. The number of hydrogen-bond acceptors (Lipinski definition) is 2. The fourth-order valence-electron chi connectivity index (χ4n) is 5.35. The molecule has 4 rings (SSSR count). The van der Waals surface area contributed by atoms with Crippen LogP contribution in [0.4, 0.5) is 0 Å². The number of allylic oxidation sites excluding steroid dienone is 6. The van der Waals surface area contributed by atoms with E-state index in [9.17, 15) is 4.79 Å². The van der Waals surface area contributed by atoms with E-state index in [-0.39, 0.29) is 12.4 Å². The Kier molecular flexibility index (Phi) is 8.45. The van der Waals surface area contributed by atoms with Crippen LogP contribution in [-0.2, 0) is 22.4 Å². The van der Waals surface area contributed by atoms with Gasteiger partial charge in [0.2, 0.25) is 0 Å². The van der Waals surface area contributed by atoms with Gasteiger partial charge in [0.05, 0.1) is 13.5 Å². The van der Waals surface area contributed by atoms with Crippen LogP contribution in [0.1, 0.15) is 50.7 Å². The lowest BCUT2D eigenvalue weighted by Crippen LogP contribution is -2.27. The highest BCUT2D eigenvalue weighted by Gasteiger charge is 2.17. The molecule has 0 aromatic heterocycles. The second kappa shape index (κ2) is 11.7. The lowest BCUT2D eigenvalue weighted by atomic mass is 9.91. The lowest BCUT2D eigenvalue weighted by molar-refractivity contribution is -0.139. The molecule has 1 saturated carbocycles. The van der Waals surface area contributed by atoms with E-state index >= 15 is 0 Å². The van der Waals surface area contributed by atoms with Gasteiger partial charge in [0.1, 0.15) is 0 Å². The summed E-state index contributed by atoms with van der Waals surface area (Å²) < 4.78 is 4.83. The summed E-state index contributed by atoms with van der Waals surface area (Å²) in [5.41, 5.74) is 14.6. The van der Waals surface area contributed by atoms with Gasteiger partial charge in [-0.2, -0.15) is 0 Å². The van der Waals surface area contributed by atoms with Gasteiger partial charge in [0.25, 0.3) is 0 Å². The zero-order valence-corrected chi connectivity index (χ0v) is 22.8. The Morgan fingerprint density at radius 3 is 2.50 bits per heavy atom. The first kappa shape index (κ1) is 25.9. The molecule has 2 nitrogen and oxygen atoms in total. The van der Waals surface area contributed by atoms with Crippen LogP contribution in [0.2, 0.25) is 0 Å². The summed E-state index contributed by atoms with van der Waals surface area (Å²) in [6.45, 7) is 8.04. The van der Waals surface area contributed by atoms with E-state index in [1.165, 1.54) is 49.1 Å². The van der Waals surface area contributed by atoms with Crippen molar-refractivity contribution in [2.75, 3.05) is 7.11 Å². The molecule has 3 heteroatoms. The molecule has 0 radical (unpaired) electrons. The molecule has 0 amide bonds. The molecule has 184 valence electrons. The molecular weight excluding hydrogens is 459 g/mol. The molecule has 2 aromatic carbocycles. The number of benzene rings is 2. The maximum absolute atomic E-state index is 11.7. The van der Waals surface area contributed by atoms with Crippen molar-refractivity contribution < 1.29 is 9.53 Å². The maximum Gasteiger partial charge on any atom is 0.309 e. The molecule has 0 bridgehead atoms.